The highest BCUT2D eigenvalue weighted by Crippen LogP contribution is 2.14. The predicted octanol–water partition coefficient (Wildman–Crippen LogP) is 2.20. The molecular weight excluding hydrogens is 286 g/mol. The number of carboxylic acid groups (broad SMARTS) is 1. The van der Waals surface area contributed by atoms with Gasteiger partial charge >= 0.3 is 12.1 Å². The molecule has 2 N–H and O–H groups in total. The number of rotatable bonds is 6. The molecule has 0 aliphatic heterocycles. The molecule has 0 bridgehead atoms. The van der Waals surface area contributed by atoms with Gasteiger partial charge in [0, 0.05) is 18.8 Å². The first-order valence-corrected chi connectivity index (χ1v) is 7.32. The average molecular weight is 311 g/mol. The maximum atomic E-state index is 11.9. The van der Waals surface area contributed by atoms with Crippen molar-refractivity contribution in [3.05, 3.63) is 18.2 Å². The summed E-state index contributed by atoms with van der Waals surface area (Å²) in [6.07, 6.45) is 4.23. The fraction of sp³-hybridized carbons (Fsp3) is 0.667. The summed E-state index contributed by atoms with van der Waals surface area (Å²) in [6.45, 7) is 8.72. The van der Waals surface area contributed by atoms with Crippen LogP contribution in [0.4, 0.5) is 4.79 Å². The fourth-order valence-corrected chi connectivity index (χ4v) is 1.97. The normalized spacial score (nSPS) is 14.2. The van der Waals surface area contributed by atoms with Crippen LogP contribution >= 0.6 is 0 Å². The number of hydrogen-bond donors (Lipinski definition) is 2. The maximum absolute atomic E-state index is 11.9. The first-order chi connectivity index (χ1) is 10.1. The molecule has 0 radical (unpaired) electrons. The van der Waals surface area contributed by atoms with Gasteiger partial charge in [0.05, 0.1) is 6.54 Å². The van der Waals surface area contributed by atoms with Crippen molar-refractivity contribution in [1.82, 2.24) is 14.9 Å². The Balaban J connectivity index is 2.89. The second-order valence-corrected chi connectivity index (χ2v) is 6.49. The molecule has 0 saturated heterocycles. The minimum absolute atomic E-state index is 0.0803. The number of carbonyl (C=O) groups is 2. The molecule has 1 amide bonds. The Hall–Kier alpha value is -2.05. The molecule has 0 aliphatic rings. The van der Waals surface area contributed by atoms with Gasteiger partial charge in [0.2, 0.25) is 0 Å². The SMILES string of the molecule is CCCc1nccn1CC(C)(NC(=O)OC(C)(C)C)C(=O)O. The number of aryl methyl sites for hydroxylation is 1. The molecule has 1 aromatic heterocycles. The van der Waals surface area contributed by atoms with E-state index in [1.807, 2.05) is 6.92 Å². The predicted molar refractivity (Wildman–Crippen MR) is 81.6 cm³/mol. The number of nitrogens with one attached hydrogen (secondary N) is 1. The monoisotopic (exact) mass is 311 g/mol. The molecule has 22 heavy (non-hydrogen) atoms. The van der Waals surface area contributed by atoms with Crippen molar-refractivity contribution in [3.63, 3.8) is 0 Å². The van der Waals surface area contributed by atoms with E-state index >= 15 is 0 Å². The van der Waals surface area contributed by atoms with E-state index in [0.717, 1.165) is 18.7 Å². The number of alkyl carbamates (subject to hydrolysis) is 1. The number of amides is 1. The van der Waals surface area contributed by atoms with E-state index in [-0.39, 0.29) is 6.54 Å². The van der Waals surface area contributed by atoms with Gasteiger partial charge < -0.3 is 19.7 Å². The minimum atomic E-state index is -1.48. The molecule has 0 spiro atoms. The molecule has 7 nitrogen and oxygen atoms in total. The van der Waals surface area contributed by atoms with Gasteiger partial charge in [0.15, 0.2) is 5.54 Å². The Morgan fingerprint density at radius 1 is 1.36 bits per heavy atom. The molecule has 7 heteroatoms. The summed E-state index contributed by atoms with van der Waals surface area (Å²) in [4.78, 5) is 27.7. The molecule has 1 atom stereocenters. The standard InChI is InChI=1S/C15H25N3O4/c1-6-7-11-16-8-9-18(11)10-15(5,12(19)20)17-13(21)22-14(2,3)4/h8-9H,6-7,10H2,1-5H3,(H,17,21)(H,19,20). The number of ether oxygens (including phenoxy) is 1. The average Bonchev–Trinajstić information content (AvgIpc) is 2.73. The van der Waals surface area contributed by atoms with Crippen molar-refractivity contribution < 1.29 is 19.4 Å². The minimum Gasteiger partial charge on any atom is -0.479 e. The Morgan fingerprint density at radius 3 is 2.50 bits per heavy atom. The van der Waals surface area contributed by atoms with Crippen LogP contribution in [0.3, 0.4) is 0 Å². The molecule has 0 aromatic carbocycles. The third kappa shape index (κ3) is 5.05. The van der Waals surface area contributed by atoms with Crippen LogP contribution in [0.5, 0.6) is 0 Å². The number of hydrogen-bond acceptors (Lipinski definition) is 4. The van der Waals surface area contributed by atoms with E-state index < -0.39 is 23.2 Å². The zero-order chi connectivity index (χ0) is 17.0. The number of aromatic nitrogens is 2. The molecule has 0 aliphatic carbocycles. The zero-order valence-corrected chi connectivity index (χ0v) is 13.8. The van der Waals surface area contributed by atoms with Gasteiger partial charge in [-0.05, 0) is 34.1 Å². The number of imidazole rings is 1. The Morgan fingerprint density at radius 2 is 2.00 bits per heavy atom. The van der Waals surface area contributed by atoms with Crippen molar-refractivity contribution in [2.75, 3.05) is 0 Å². The fourth-order valence-electron chi connectivity index (χ4n) is 1.97. The molecule has 1 unspecified atom stereocenters. The van der Waals surface area contributed by atoms with E-state index in [1.54, 1.807) is 37.7 Å². The van der Waals surface area contributed by atoms with Crippen LogP contribution in [0.1, 0.15) is 46.9 Å². The highest BCUT2D eigenvalue weighted by molar-refractivity contribution is 5.83. The lowest BCUT2D eigenvalue weighted by Gasteiger charge is -2.29. The van der Waals surface area contributed by atoms with Crippen molar-refractivity contribution in [2.24, 2.45) is 0 Å². The van der Waals surface area contributed by atoms with Crippen molar-refractivity contribution in [2.45, 2.75) is 65.1 Å². The molecule has 0 saturated carbocycles. The summed E-state index contributed by atoms with van der Waals surface area (Å²) < 4.78 is 6.89. The third-order valence-corrected chi connectivity index (χ3v) is 3.01. The molecule has 1 rings (SSSR count). The van der Waals surface area contributed by atoms with Gasteiger partial charge in [-0.2, -0.15) is 0 Å². The number of aliphatic carboxylic acids is 1. The lowest BCUT2D eigenvalue weighted by Crippen LogP contribution is -2.56. The van der Waals surface area contributed by atoms with Crippen molar-refractivity contribution >= 4 is 12.1 Å². The zero-order valence-electron chi connectivity index (χ0n) is 13.8. The van der Waals surface area contributed by atoms with Crippen LogP contribution in [-0.2, 0) is 22.5 Å². The van der Waals surface area contributed by atoms with E-state index in [9.17, 15) is 14.7 Å². The van der Waals surface area contributed by atoms with Crippen LogP contribution in [0, 0.1) is 0 Å². The van der Waals surface area contributed by atoms with E-state index in [0.29, 0.717) is 0 Å². The summed E-state index contributed by atoms with van der Waals surface area (Å²) in [5, 5.41) is 11.9. The van der Waals surface area contributed by atoms with Gasteiger partial charge in [-0.3, -0.25) is 0 Å². The van der Waals surface area contributed by atoms with Crippen LogP contribution in [0.2, 0.25) is 0 Å². The smallest absolute Gasteiger partial charge is 0.408 e. The summed E-state index contributed by atoms with van der Waals surface area (Å²) in [5.41, 5.74) is -2.17. The Kier molecular flexibility index (Phi) is 5.57. The van der Waals surface area contributed by atoms with E-state index in [2.05, 4.69) is 10.3 Å². The summed E-state index contributed by atoms with van der Waals surface area (Å²) in [7, 11) is 0. The highest BCUT2D eigenvalue weighted by Gasteiger charge is 2.37. The molecule has 0 fully saturated rings. The molecular formula is C15H25N3O4. The number of carboxylic acids is 1. The van der Waals surface area contributed by atoms with Gasteiger partial charge in [-0.15, -0.1) is 0 Å². The third-order valence-electron chi connectivity index (χ3n) is 3.01. The molecule has 124 valence electrons. The Labute approximate surface area is 130 Å². The lowest BCUT2D eigenvalue weighted by atomic mass is 10.0. The van der Waals surface area contributed by atoms with E-state index in [4.69, 9.17) is 4.74 Å². The van der Waals surface area contributed by atoms with Gasteiger partial charge in [0.1, 0.15) is 11.4 Å². The van der Waals surface area contributed by atoms with Crippen molar-refractivity contribution in [3.8, 4) is 0 Å². The number of carbonyl (C=O) groups excluding carboxylic acids is 1. The second-order valence-electron chi connectivity index (χ2n) is 6.49. The summed E-state index contributed by atoms with van der Waals surface area (Å²) >= 11 is 0. The second kappa shape index (κ2) is 6.81. The van der Waals surface area contributed by atoms with Gasteiger partial charge in [0.25, 0.3) is 0 Å². The summed E-state index contributed by atoms with van der Waals surface area (Å²) in [6, 6.07) is 0. The molecule has 1 aromatic rings. The quantitative estimate of drug-likeness (QED) is 0.840. The van der Waals surface area contributed by atoms with Gasteiger partial charge in [-0.25, -0.2) is 14.6 Å². The van der Waals surface area contributed by atoms with Crippen LogP contribution < -0.4 is 5.32 Å². The van der Waals surface area contributed by atoms with Crippen molar-refractivity contribution in [1.29, 1.82) is 0 Å². The highest BCUT2D eigenvalue weighted by atomic mass is 16.6. The van der Waals surface area contributed by atoms with Gasteiger partial charge in [-0.1, -0.05) is 6.92 Å². The first-order valence-electron chi connectivity index (χ1n) is 7.32. The summed E-state index contributed by atoms with van der Waals surface area (Å²) in [5.74, 6) is -0.338. The Bertz CT molecular complexity index is 533. The molecule has 1 heterocycles. The lowest BCUT2D eigenvalue weighted by molar-refractivity contribution is -0.144. The van der Waals surface area contributed by atoms with E-state index in [1.165, 1.54) is 6.92 Å². The maximum Gasteiger partial charge on any atom is 0.408 e. The topological polar surface area (TPSA) is 93.5 Å². The number of nitrogens with zero attached hydrogens (tertiary/aromatic N) is 2. The first kappa shape index (κ1) is 18.0. The van der Waals surface area contributed by atoms with Crippen LogP contribution in [-0.4, -0.2) is 37.9 Å². The van der Waals surface area contributed by atoms with Crippen LogP contribution in [0.15, 0.2) is 12.4 Å². The largest absolute Gasteiger partial charge is 0.479 e. The van der Waals surface area contributed by atoms with Crippen LogP contribution in [0.25, 0.3) is 0 Å².